The van der Waals surface area contributed by atoms with Crippen molar-refractivity contribution >= 4 is 17.1 Å². The number of nitriles is 1. The van der Waals surface area contributed by atoms with Gasteiger partial charge in [-0.2, -0.15) is 18.4 Å². The summed E-state index contributed by atoms with van der Waals surface area (Å²) in [6.45, 7) is 1.86. The second kappa shape index (κ2) is 7.11. The molecule has 1 aliphatic heterocycles. The molecule has 0 radical (unpaired) electrons. The van der Waals surface area contributed by atoms with E-state index < -0.39 is 22.4 Å². The first kappa shape index (κ1) is 18.4. The van der Waals surface area contributed by atoms with E-state index in [1.54, 1.807) is 23.2 Å². The third-order valence-electron chi connectivity index (χ3n) is 4.35. The quantitative estimate of drug-likeness (QED) is 0.603. The summed E-state index contributed by atoms with van der Waals surface area (Å²) in [5, 5.41) is 20.0. The van der Waals surface area contributed by atoms with Crippen LogP contribution in [-0.4, -0.2) is 36.1 Å². The Morgan fingerprint density at radius 1 is 1.11 bits per heavy atom. The zero-order chi connectivity index (χ0) is 19.6. The highest BCUT2D eigenvalue weighted by atomic mass is 19.4. The predicted molar refractivity (Wildman–Crippen MR) is 91.5 cm³/mol. The van der Waals surface area contributed by atoms with Crippen LogP contribution in [0.1, 0.15) is 11.3 Å². The monoisotopic (exact) mass is 377 g/mol. The van der Waals surface area contributed by atoms with Crippen molar-refractivity contribution in [3.63, 3.8) is 0 Å². The zero-order valence-corrected chi connectivity index (χ0v) is 14.0. The third kappa shape index (κ3) is 3.92. The van der Waals surface area contributed by atoms with Gasteiger partial charge in [0.2, 0.25) is 0 Å². The summed E-state index contributed by atoms with van der Waals surface area (Å²) in [4.78, 5) is 18.2. The summed E-state index contributed by atoms with van der Waals surface area (Å²) < 4.78 is 38.5. The summed E-state index contributed by atoms with van der Waals surface area (Å²) in [5.41, 5.74) is -0.308. The summed E-state index contributed by atoms with van der Waals surface area (Å²) in [6.07, 6.45) is -3.06. The topological polar surface area (TPSA) is 86.3 Å². The molecule has 1 aromatic carbocycles. The Balaban J connectivity index is 1.77. The SMILES string of the molecule is N#Cc1ccc(N2CCN(c3ccc(C(F)(F)F)cc3[N+](=O)[O-])CC2)cn1. The molecule has 1 fully saturated rings. The molecule has 2 heterocycles. The minimum absolute atomic E-state index is 0.172. The van der Waals surface area contributed by atoms with Gasteiger partial charge in [-0.3, -0.25) is 10.1 Å². The van der Waals surface area contributed by atoms with Gasteiger partial charge in [0.15, 0.2) is 0 Å². The second-order valence-electron chi connectivity index (χ2n) is 5.95. The Bertz CT molecular complexity index is 885. The Morgan fingerprint density at radius 2 is 1.78 bits per heavy atom. The van der Waals surface area contributed by atoms with Gasteiger partial charge in [0, 0.05) is 32.2 Å². The number of nitrogens with zero attached hydrogens (tertiary/aromatic N) is 5. The van der Waals surface area contributed by atoms with Gasteiger partial charge in [0.05, 0.1) is 22.4 Å². The summed E-state index contributed by atoms with van der Waals surface area (Å²) >= 11 is 0. The van der Waals surface area contributed by atoms with Crippen molar-refractivity contribution in [1.82, 2.24) is 4.98 Å². The van der Waals surface area contributed by atoms with Gasteiger partial charge >= 0.3 is 6.18 Å². The molecule has 1 saturated heterocycles. The highest BCUT2D eigenvalue weighted by Crippen LogP contribution is 2.36. The summed E-state index contributed by atoms with van der Waals surface area (Å²) in [5.74, 6) is 0. The molecule has 140 valence electrons. The molecule has 0 spiro atoms. The van der Waals surface area contributed by atoms with Crippen molar-refractivity contribution < 1.29 is 18.1 Å². The van der Waals surface area contributed by atoms with Crippen molar-refractivity contribution in [2.24, 2.45) is 0 Å². The molecule has 0 aliphatic carbocycles. The number of nitro benzene ring substituents is 1. The minimum atomic E-state index is -4.63. The fourth-order valence-electron chi connectivity index (χ4n) is 2.96. The number of pyridine rings is 1. The van der Waals surface area contributed by atoms with E-state index in [1.807, 2.05) is 11.0 Å². The van der Waals surface area contributed by atoms with E-state index in [0.29, 0.717) is 37.9 Å². The number of piperazine rings is 1. The molecule has 0 amide bonds. The highest BCUT2D eigenvalue weighted by Gasteiger charge is 2.34. The lowest BCUT2D eigenvalue weighted by Crippen LogP contribution is -2.46. The number of alkyl halides is 3. The summed E-state index contributed by atoms with van der Waals surface area (Å²) in [6, 6.07) is 7.89. The van der Waals surface area contributed by atoms with E-state index in [2.05, 4.69) is 4.98 Å². The van der Waals surface area contributed by atoms with Crippen LogP contribution in [0.15, 0.2) is 36.5 Å². The van der Waals surface area contributed by atoms with Crippen LogP contribution in [0.25, 0.3) is 0 Å². The molecule has 7 nitrogen and oxygen atoms in total. The predicted octanol–water partition coefficient (Wildman–Crippen LogP) is 3.21. The van der Waals surface area contributed by atoms with Crippen molar-refractivity contribution in [2.45, 2.75) is 6.18 Å². The molecule has 0 N–H and O–H groups in total. The number of benzene rings is 1. The van der Waals surface area contributed by atoms with Crippen LogP contribution in [0.5, 0.6) is 0 Å². The highest BCUT2D eigenvalue weighted by molar-refractivity contribution is 5.65. The molecule has 1 aromatic heterocycles. The number of hydrogen-bond acceptors (Lipinski definition) is 6. The molecule has 0 saturated carbocycles. The van der Waals surface area contributed by atoms with Crippen LogP contribution >= 0.6 is 0 Å². The van der Waals surface area contributed by atoms with E-state index in [0.717, 1.165) is 17.8 Å². The molecule has 0 bridgehead atoms. The van der Waals surface area contributed by atoms with Crippen LogP contribution in [0.4, 0.5) is 30.2 Å². The van der Waals surface area contributed by atoms with Crippen LogP contribution in [-0.2, 0) is 6.18 Å². The maximum absolute atomic E-state index is 12.8. The van der Waals surface area contributed by atoms with Gasteiger partial charge < -0.3 is 9.80 Å². The Kier molecular flexibility index (Phi) is 4.85. The number of aromatic nitrogens is 1. The standard InChI is InChI=1S/C17H14F3N5O2/c18-17(19,20)12-1-4-15(16(9-12)25(26)27)24-7-5-23(6-8-24)14-3-2-13(10-21)22-11-14/h1-4,9,11H,5-8H2. The molecular weight excluding hydrogens is 363 g/mol. The first-order valence-corrected chi connectivity index (χ1v) is 8.01. The van der Waals surface area contributed by atoms with Gasteiger partial charge in [0.25, 0.3) is 5.69 Å². The van der Waals surface area contributed by atoms with Crippen LogP contribution in [0.3, 0.4) is 0 Å². The maximum atomic E-state index is 12.8. The molecule has 0 unspecified atom stereocenters. The van der Waals surface area contributed by atoms with E-state index >= 15 is 0 Å². The molecule has 3 rings (SSSR count). The first-order valence-electron chi connectivity index (χ1n) is 8.01. The fourth-order valence-corrected chi connectivity index (χ4v) is 2.96. The number of rotatable bonds is 3. The van der Waals surface area contributed by atoms with Gasteiger partial charge in [-0.15, -0.1) is 0 Å². The molecule has 1 aliphatic rings. The summed E-state index contributed by atoms with van der Waals surface area (Å²) in [7, 11) is 0. The third-order valence-corrected chi connectivity index (χ3v) is 4.35. The lowest BCUT2D eigenvalue weighted by molar-refractivity contribution is -0.384. The fraction of sp³-hybridized carbons (Fsp3) is 0.294. The Hall–Kier alpha value is -3.35. The Morgan fingerprint density at radius 3 is 2.30 bits per heavy atom. The minimum Gasteiger partial charge on any atom is -0.367 e. The lowest BCUT2D eigenvalue weighted by Gasteiger charge is -2.37. The van der Waals surface area contributed by atoms with Crippen LogP contribution in [0, 0.1) is 21.4 Å². The van der Waals surface area contributed by atoms with Gasteiger partial charge in [-0.05, 0) is 24.3 Å². The number of nitro groups is 1. The number of hydrogen-bond donors (Lipinski definition) is 0. The van der Waals surface area contributed by atoms with Crippen molar-refractivity contribution in [3.05, 3.63) is 57.9 Å². The van der Waals surface area contributed by atoms with E-state index in [4.69, 9.17) is 5.26 Å². The second-order valence-corrected chi connectivity index (χ2v) is 5.95. The smallest absolute Gasteiger partial charge is 0.367 e. The Labute approximate surface area is 152 Å². The molecule has 27 heavy (non-hydrogen) atoms. The van der Waals surface area contributed by atoms with Crippen molar-refractivity contribution in [3.8, 4) is 6.07 Å². The van der Waals surface area contributed by atoms with Gasteiger partial charge in [-0.1, -0.05) is 0 Å². The molecular formula is C17H14F3N5O2. The van der Waals surface area contributed by atoms with E-state index in [9.17, 15) is 23.3 Å². The number of anilines is 2. The van der Waals surface area contributed by atoms with Crippen LogP contribution in [0.2, 0.25) is 0 Å². The average molecular weight is 377 g/mol. The average Bonchev–Trinajstić information content (AvgIpc) is 2.67. The molecule has 2 aromatic rings. The zero-order valence-electron chi connectivity index (χ0n) is 14.0. The van der Waals surface area contributed by atoms with Gasteiger partial charge in [-0.25, -0.2) is 4.98 Å². The lowest BCUT2D eigenvalue weighted by atomic mass is 10.1. The normalized spacial score (nSPS) is 14.7. The van der Waals surface area contributed by atoms with Crippen molar-refractivity contribution in [2.75, 3.05) is 36.0 Å². The van der Waals surface area contributed by atoms with Gasteiger partial charge in [0.1, 0.15) is 17.5 Å². The largest absolute Gasteiger partial charge is 0.416 e. The van der Waals surface area contributed by atoms with Crippen molar-refractivity contribution in [1.29, 1.82) is 5.26 Å². The first-order chi connectivity index (χ1) is 12.8. The van der Waals surface area contributed by atoms with Crippen LogP contribution < -0.4 is 9.80 Å². The van der Waals surface area contributed by atoms with E-state index in [1.165, 1.54) is 0 Å². The van der Waals surface area contributed by atoms with E-state index in [-0.39, 0.29) is 5.69 Å². The maximum Gasteiger partial charge on any atom is 0.416 e. The molecule has 10 heteroatoms. The molecule has 0 atom stereocenters. The number of halogens is 3.